The molecule has 48 heavy (non-hydrogen) atoms. The zero-order valence-electron chi connectivity index (χ0n) is 28.1. The van der Waals surface area contributed by atoms with E-state index in [1.54, 1.807) is 0 Å². The van der Waals surface area contributed by atoms with Crippen LogP contribution in [0.3, 0.4) is 0 Å². The fourth-order valence-electron chi connectivity index (χ4n) is 3.94. The van der Waals surface area contributed by atoms with Crippen molar-refractivity contribution >= 4 is 51.6 Å². The van der Waals surface area contributed by atoms with Gasteiger partial charge in [-0.1, -0.05) is 0 Å². The summed E-state index contributed by atoms with van der Waals surface area (Å²) in [5.74, 6) is 2.28. The Hall–Kier alpha value is -6.30. The summed E-state index contributed by atoms with van der Waals surface area (Å²) in [6, 6.07) is 35.1. The first kappa shape index (κ1) is 34.6. The van der Waals surface area contributed by atoms with Gasteiger partial charge < -0.3 is 29.7 Å². The molecule has 12 heteroatoms. The molecule has 0 atom stereocenters. The van der Waals surface area contributed by atoms with Crippen LogP contribution in [0.4, 0.5) is 51.6 Å². The number of anilines is 3. The van der Waals surface area contributed by atoms with Gasteiger partial charge in [0.2, 0.25) is 0 Å². The molecule has 0 aliphatic rings. The topological polar surface area (TPSA) is 131 Å². The Labute approximate surface area is 281 Å². The van der Waals surface area contributed by atoms with Gasteiger partial charge in [0.1, 0.15) is 0 Å². The molecule has 0 bridgehead atoms. The van der Waals surface area contributed by atoms with E-state index in [1.165, 1.54) is 0 Å². The first-order valence-electron chi connectivity index (χ1n) is 15.2. The average Bonchev–Trinajstić information content (AvgIpc) is 3.92. The molecule has 0 aliphatic heterocycles. The van der Waals surface area contributed by atoms with E-state index in [2.05, 4.69) is 45.6 Å². The highest BCUT2D eigenvalue weighted by molar-refractivity contribution is 5.53. The predicted octanol–water partition coefficient (Wildman–Crippen LogP) is 10.5. The van der Waals surface area contributed by atoms with Crippen molar-refractivity contribution in [2.45, 2.75) is 0 Å². The standard InChI is InChI=1S/3C12H14N4/c3*1-16(2)11-7-5-10(6-8-11)14-15-12-4-3-9-13-12/h3*3-9,13H,1-2H3. The Balaban J connectivity index is 0.000000163. The monoisotopic (exact) mass is 642 g/mol. The second kappa shape index (κ2) is 18.0. The maximum Gasteiger partial charge on any atom is 0.152 e. The molecule has 0 aliphatic carbocycles. The molecule has 3 N–H and O–H groups in total. The minimum absolute atomic E-state index is 0.761. The van der Waals surface area contributed by atoms with E-state index in [4.69, 9.17) is 0 Å². The quantitative estimate of drug-likeness (QED) is 0.136. The average molecular weight is 643 g/mol. The number of H-pyrrole nitrogens is 3. The molecule has 6 rings (SSSR count). The highest BCUT2D eigenvalue weighted by Crippen LogP contribution is 2.22. The Kier molecular flexibility index (Phi) is 13.0. The highest BCUT2D eigenvalue weighted by Gasteiger charge is 1.97. The highest BCUT2D eigenvalue weighted by atomic mass is 15.2. The fraction of sp³-hybridized carbons (Fsp3) is 0.167. The lowest BCUT2D eigenvalue weighted by Gasteiger charge is -2.11. The van der Waals surface area contributed by atoms with Crippen molar-refractivity contribution < 1.29 is 0 Å². The Morgan fingerprint density at radius 3 is 0.771 bits per heavy atom. The Morgan fingerprint density at radius 1 is 0.333 bits per heavy atom. The zero-order valence-corrected chi connectivity index (χ0v) is 28.1. The first-order chi connectivity index (χ1) is 23.3. The molecule has 12 nitrogen and oxygen atoms in total. The summed E-state index contributed by atoms with van der Waals surface area (Å²) in [6.07, 6.45) is 5.47. The number of aromatic nitrogens is 3. The summed E-state index contributed by atoms with van der Waals surface area (Å²) in [4.78, 5) is 15.0. The minimum Gasteiger partial charge on any atom is -0.378 e. The van der Waals surface area contributed by atoms with E-state index >= 15 is 0 Å². The van der Waals surface area contributed by atoms with Crippen molar-refractivity contribution in [3.8, 4) is 0 Å². The van der Waals surface area contributed by atoms with Crippen molar-refractivity contribution in [3.05, 3.63) is 128 Å². The second-order valence-electron chi connectivity index (χ2n) is 11.0. The first-order valence-corrected chi connectivity index (χ1v) is 15.2. The number of hydrogen-bond donors (Lipinski definition) is 3. The van der Waals surface area contributed by atoms with E-state index in [-0.39, 0.29) is 0 Å². The van der Waals surface area contributed by atoms with Gasteiger partial charge >= 0.3 is 0 Å². The van der Waals surface area contributed by atoms with Crippen molar-refractivity contribution in [3.63, 3.8) is 0 Å². The van der Waals surface area contributed by atoms with E-state index in [1.807, 2.05) is 185 Å². The lowest BCUT2D eigenvalue weighted by atomic mass is 10.3. The van der Waals surface area contributed by atoms with Crippen molar-refractivity contribution in [2.24, 2.45) is 30.7 Å². The molecule has 0 spiro atoms. The number of aromatic amines is 3. The lowest BCUT2D eigenvalue weighted by molar-refractivity contribution is 1.13. The number of nitrogens with one attached hydrogen (secondary N) is 3. The molecule has 3 aromatic carbocycles. The predicted molar refractivity (Wildman–Crippen MR) is 197 cm³/mol. The SMILES string of the molecule is CN(C)c1ccc(N=Nc2ccc[nH]2)cc1.CN(C)c1ccc(N=Nc2ccc[nH]2)cc1.CN(C)c1ccc(N=Nc2ccc[nH]2)cc1. The number of rotatable bonds is 9. The second-order valence-corrected chi connectivity index (χ2v) is 11.0. The fourth-order valence-corrected chi connectivity index (χ4v) is 3.94. The van der Waals surface area contributed by atoms with Crippen LogP contribution in [-0.4, -0.2) is 57.2 Å². The van der Waals surface area contributed by atoms with Gasteiger partial charge in [-0.15, -0.1) is 30.7 Å². The Morgan fingerprint density at radius 2 is 0.583 bits per heavy atom. The van der Waals surface area contributed by atoms with Gasteiger partial charge in [0.15, 0.2) is 17.5 Å². The number of azo groups is 3. The van der Waals surface area contributed by atoms with Crippen molar-refractivity contribution in [2.75, 3.05) is 57.0 Å². The molecule has 0 unspecified atom stereocenters. The molecular weight excluding hydrogens is 600 g/mol. The van der Waals surface area contributed by atoms with E-state index in [0.29, 0.717) is 0 Å². The number of benzene rings is 3. The molecule has 0 fully saturated rings. The summed E-state index contributed by atoms with van der Waals surface area (Å²) in [5.41, 5.74) is 6.00. The van der Waals surface area contributed by atoms with E-state index < -0.39 is 0 Å². The van der Waals surface area contributed by atoms with Crippen LogP contribution in [0.25, 0.3) is 0 Å². The molecule has 0 amide bonds. The van der Waals surface area contributed by atoms with Crippen molar-refractivity contribution in [1.82, 2.24) is 15.0 Å². The lowest BCUT2D eigenvalue weighted by Crippen LogP contribution is -2.07. The maximum absolute atomic E-state index is 4.12. The smallest absolute Gasteiger partial charge is 0.152 e. The summed E-state index contributed by atoms with van der Waals surface area (Å²) in [5, 5.41) is 24.6. The molecule has 3 aromatic heterocycles. The van der Waals surface area contributed by atoms with Crippen molar-refractivity contribution in [1.29, 1.82) is 0 Å². The molecule has 0 saturated carbocycles. The maximum atomic E-state index is 4.12. The Bertz CT molecular complexity index is 1580. The van der Waals surface area contributed by atoms with Crippen LogP contribution in [-0.2, 0) is 0 Å². The molecular formula is C36H42N12. The van der Waals surface area contributed by atoms with Crippen LogP contribution in [0, 0.1) is 0 Å². The molecule has 0 saturated heterocycles. The van der Waals surface area contributed by atoms with Crippen LogP contribution in [0.2, 0.25) is 0 Å². The largest absolute Gasteiger partial charge is 0.378 e. The van der Waals surface area contributed by atoms with Crippen LogP contribution < -0.4 is 14.7 Å². The van der Waals surface area contributed by atoms with E-state index in [0.717, 1.165) is 51.6 Å². The van der Waals surface area contributed by atoms with Gasteiger partial charge in [0.25, 0.3) is 0 Å². The summed E-state index contributed by atoms with van der Waals surface area (Å²) >= 11 is 0. The summed E-state index contributed by atoms with van der Waals surface area (Å²) in [7, 11) is 12.1. The molecule has 3 heterocycles. The third-order valence-electron chi connectivity index (χ3n) is 6.66. The van der Waals surface area contributed by atoms with Gasteiger partial charge in [-0.3, -0.25) is 0 Å². The van der Waals surface area contributed by atoms with Gasteiger partial charge in [-0.05, 0) is 109 Å². The molecule has 246 valence electrons. The van der Waals surface area contributed by atoms with E-state index in [9.17, 15) is 0 Å². The van der Waals surface area contributed by atoms with Crippen LogP contribution in [0.15, 0.2) is 158 Å². The third-order valence-corrected chi connectivity index (χ3v) is 6.66. The number of hydrogen-bond acceptors (Lipinski definition) is 9. The van der Waals surface area contributed by atoms with Gasteiger partial charge in [0.05, 0.1) is 17.1 Å². The van der Waals surface area contributed by atoms with Gasteiger partial charge in [-0.2, -0.15) is 0 Å². The summed E-state index contributed by atoms with van der Waals surface area (Å²) < 4.78 is 0. The van der Waals surface area contributed by atoms with Crippen LogP contribution in [0.1, 0.15) is 0 Å². The molecule has 0 radical (unpaired) electrons. The van der Waals surface area contributed by atoms with Crippen LogP contribution >= 0.6 is 0 Å². The molecule has 6 aromatic rings. The van der Waals surface area contributed by atoms with Crippen LogP contribution in [0.5, 0.6) is 0 Å². The number of nitrogens with zero attached hydrogens (tertiary/aromatic N) is 9. The third kappa shape index (κ3) is 11.6. The normalized spacial score (nSPS) is 10.9. The zero-order chi connectivity index (χ0) is 34.1. The van der Waals surface area contributed by atoms with Gasteiger partial charge in [0, 0.05) is 77.9 Å². The summed E-state index contributed by atoms with van der Waals surface area (Å²) in [6.45, 7) is 0. The minimum atomic E-state index is 0.761. The van der Waals surface area contributed by atoms with Gasteiger partial charge in [-0.25, -0.2) is 0 Å².